The van der Waals surface area contributed by atoms with Gasteiger partial charge in [0.2, 0.25) is 5.89 Å². The Balaban J connectivity index is 1.23. The smallest absolute Gasteiger partial charge is 0.291 e. The average molecular weight is 498 g/mol. The van der Waals surface area contributed by atoms with Crippen molar-refractivity contribution in [2.45, 2.75) is 70.8 Å². The Hall–Kier alpha value is -2.65. The number of ketones is 1. The van der Waals surface area contributed by atoms with E-state index < -0.39 is 0 Å². The summed E-state index contributed by atoms with van der Waals surface area (Å²) in [4.78, 5) is 19.5. The zero-order valence-corrected chi connectivity index (χ0v) is 21.5. The molecule has 8 nitrogen and oxygen atoms in total. The van der Waals surface area contributed by atoms with Crippen LogP contribution in [0.5, 0.6) is 0 Å². The van der Waals surface area contributed by atoms with Crippen LogP contribution in [0.2, 0.25) is 0 Å². The average Bonchev–Trinajstić information content (AvgIpc) is 3.55. The Bertz CT molecular complexity index is 1210. The van der Waals surface area contributed by atoms with Crippen LogP contribution in [0.3, 0.4) is 0 Å². The van der Waals surface area contributed by atoms with Crippen LogP contribution in [0.15, 0.2) is 22.7 Å². The fraction of sp³-hybridized carbons (Fsp3) is 0.630. The molecule has 9 heteroatoms. The fourth-order valence-corrected chi connectivity index (χ4v) is 5.97. The number of hydrogen-bond acceptors (Lipinski definition) is 7. The molecular weight excluding hydrogens is 461 g/mol. The molecule has 194 valence electrons. The predicted octanol–water partition coefficient (Wildman–Crippen LogP) is 4.70. The van der Waals surface area contributed by atoms with Crippen LogP contribution < -0.4 is 0 Å². The highest BCUT2D eigenvalue weighted by Gasteiger charge is 2.32. The van der Waals surface area contributed by atoms with Gasteiger partial charge in [-0.25, -0.2) is 4.39 Å². The van der Waals surface area contributed by atoms with E-state index in [2.05, 4.69) is 20.1 Å². The molecule has 0 N–H and O–H groups in total. The first-order valence-electron chi connectivity index (χ1n) is 13.2. The van der Waals surface area contributed by atoms with Gasteiger partial charge in [-0.2, -0.15) is 14.8 Å². The molecule has 3 atom stereocenters. The van der Waals surface area contributed by atoms with Gasteiger partial charge in [0, 0.05) is 37.4 Å². The molecule has 1 saturated carbocycles. The van der Waals surface area contributed by atoms with Crippen LogP contribution in [0.25, 0.3) is 16.9 Å². The minimum absolute atomic E-state index is 0.142. The molecule has 0 amide bonds. The number of fused-ring (bicyclic) bond motifs is 1. The maximum Gasteiger partial charge on any atom is 0.291 e. The quantitative estimate of drug-likeness (QED) is 0.417. The second-order valence-electron chi connectivity index (χ2n) is 10.7. The van der Waals surface area contributed by atoms with E-state index in [0.717, 1.165) is 62.7 Å². The number of para-hydroxylation sites is 1. The van der Waals surface area contributed by atoms with Crippen molar-refractivity contribution in [3.8, 4) is 5.95 Å². The van der Waals surface area contributed by atoms with E-state index in [4.69, 9.17) is 9.26 Å². The van der Waals surface area contributed by atoms with E-state index in [1.807, 2.05) is 19.9 Å². The van der Waals surface area contributed by atoms with Crippen molar-refractivity contribution in [2.24, 2.45) is 11.8 Å². The Morgan fingerprint density at radius 1 is 1.22 bits per heavy atom. The number of hydrogen-bond donors (Lipinski definition) is 0. The number of methoxy groups -OCH3 is 1. The molecule has 3 aromatic rings. The van der Waals surface area contributed by atoms with E-state index in [9.17, 15) is 9.18 Å². The zero-order valence-electron chi connectivity index (χ0n) is 21.5. The molecule has 3 heterocycles. The number of halogens is 1. The maximum atomic E-state index is 14.7. The monoisotopic (exact) mass is 497 g/mol. The lowest BCUT2D eigenvalue weighted by Gasteiger charge is -2.26. The van der Waals surface area contributed by atoms with Crippen LogP contribution in [0.4, 0.5) is 4.39 Å². The lowest BCUT2D eigenvalue weighted by molar-refractivity contribution is -0.126. The second kappa shape index (κ2) is 10.8. The number of aromatic nitrogens is 4. The number of carbonyl (C=O) groups is 1. The summed E-state index contributed by atoms with van der Waals surface area (Å²) in [6.45, 7) is 6.36. The van der Waals surface area contributed by atoms with Crippen LogP contribution in [0, 0.1) is 17.7 Å². The molecule has 1 aliphatic carbocycles. The van der Waals surface area contributed by atoms with Gasteiger partial charge in [-0.1, -0.05) is 32.4 Å². The number of likely N-dealkylation sites (tertiary alicyclic amines) is 1. The third kappa shape index (κ3) is 5.09. The molecule has 0 spiro atoms. The van der Waals surface area contributed by atoms with Crippen LogP contribution in [0.1, 0.15) is 69.9 Å². The summed E-state index contributed by atoms with van der Waals surface area (Å²) in [5.74, 6) is 1.46. The minimum Gasteiger partial charge on any atom is -0.377 e. The molecule has 36 heavy (non-hydrogen) atoms. The van der Waals surface area contributed by atoms with Gasteiger partial charge in [0.1, 0.15) is 17.9 Å². The largest absolute Gasteiger partial charge is 0.377 e. The summed E-state index contributed by atoms with van der Waals surface area (Å²) in [6.07, 6.45) is 7.00. The topological polar surface area (TPSA) is 86.3 Å². The van der Waals surface area contributed by atoms with Gasteiger partial charge < -0.3 is 14.2 Å². The van der Waals surface area contributed by atoms with Crippen molar-refractivity contribution in [3.63, 3.8) is 0 Å². The minimum atomic E-state index is -0.348. The van der Waals surface area contributed by atoms with Crippen molar-refractivity contribution in [3.05, 3.63) is 35.6 Å². The highest BCUT2D eigenvalue weighted by atomic mass is 19.1. The van der Waals surface area contributed by atoms with Crippen molar-refractivity contribution in [1.82, 2.24) is 24.8 Å². The Kier molecular flexibility index (Phi) is 7.48. The van der Waals surface area contributed by atoms with Gasteiger partial charge in [-0.15, -0.1) is 0 Å². The number of rotatable bonds is 8. The number of nitrogens with zero attached hydrogens (tertiary/aromatic N) is 5. The van der Waals surface area contributed by atoms with Crippen LogP contribution in [-0.2, 0) is 16.0 Å². The van der Waals surface area contributed by atoms with Gasteiger partial charge in [0.05, 0.1) is 5.69 Å². The Morgan fingerprint density at radius 2 is 2.08 bits per heavy atom. The summed E-state index contributed by atoms with van der Waals surface area (Å²) < 4.78 is 26.8. The van der Waals surface area contributed by atoms with Gasteiger partial charge in [0.15, 0.2) is 5.78 Å². The SMILES string of the molecule is COCC(=O)C1CCCC(N2CC[C@@H](Cc3nc(-n4nc(C(C)C)c5cccc(F)c54)no3)C2)CC1. The predicted molar refractivity (Wildman–Crippen MR) is 134 cm³/mol. The number of Topliss-reactive ketones (excluding diaryl/α,β-unsaturated/α-hetero) is 1. The van der Waals surface area contributed by atoms with Gasteiger partial charge >= 0.3 is 0 Å². The molecule has 2 aliphatic rings. The zero-order chi connectivity index (χ0) is 25.2. The standard InChI is InChI=1S/C27H36FN5O3/c1-17(2)25-21-8-5-9-22(28)26(21)33(30-25)27-29-24(36-31-27)14-18-12-13-32(15-18)20-7-4-6-19(10-11-20)23(34)16-35-3/h5,8-9,17-20H,4,6-7,10-16H2,1-3H3/t18-,19?,20?/m0/s1. The molecule has 0 radical (unpaired) electrons. The first kappa shape index (κ1) is 25.0. The lowest BCUT2D eigenvalue weighted by atomic mass is 9.95. The lowest BCUT2D eigenvalue weighted by Crippen LogP contribution is -2.33. The van der Waals surface area contributed by atoms with E-state index in [0.29, 0.717) is 29.8 Å². The Morgan fingerprint density at radius 3 is 2.89 bits per heavy atom. The molecule has 1 saturated heterocycles. The number of ether oxygens (including phenoxy) is 1. The van der Waals surface area contributed by atoms with Crippen LogP contribution in [-0.4, -0.2) is 63.5 Å². The van der Waals surface area contributed by atoms with E-state index in [1.165, 1.54) is 10.7 Å². The summed E-state index contributed by atoms with van der Waals surface area (Å²) in [5.41, 5.74) is 1.20. The first-order valence-corrected chi connectivity index (χ1v) is 13.2. The summed E-state index contributed by atoms with van der Waals surface area (Å²) in [7, 11) is 1.59. The highest BCUT2D eigenvalue weighted by molar-refractivity contribution is 5.84. The molecule has 2 unspecified atom stereocenters. The summed E-state index contributed by atoms with van der Waals surface area (Å²) >= 11 is 0. The Labute approximate surface area is 211 Å². The normalized spacial score (nSPS) is 23.5. The third-order valence-corrected chi connectivity index (χ3v) is 7.85. The van der Waals surface area contributed by atoms with Crippen molar-refractivity contribution in [1.29, 1.82) is 0 Å². The second-order valence-corrected chi connectivity index (χ2v) is 10.7. The number of carbonyl (C=O) groups excluding carboxylic acids is 1. The molecule has 2 fully saturated rings. The number of benzene rings is 1. The van der Waals surface area contributed by atoms with Gasteiger partial charge in [0.25, 0.3) is 5.95 Å². The van der Waals surface area contributed by atoms with E-state index >= 15 is 0 Å². The third-order valence-electron chi connectivity index (χ3n) is 7.85. The van der Waals surface area contributed by atoms with Gasteiger partial charge in [-0.05, 0) is 61.7 Å². The highest BCUT2D eigenvalue weighted by Crippen LogP contribution is 2.32. The molecule has 1 aromatic carbocycles. The van der Waals surface area contributed by atoms with Gasteiger partial charge in [-0.3, -0.25) is 4.79 Å². The van der Waals surface area contributed by atoms with Crippen LogP contribution >= 0.6 is 0 Å². The molecular formula is C27H36FN5O3. The van der Waals surface area contributed by atoms with E-state index in [1.54, 1.807) is 13.2 Å². The molecule has 0 bridgehead atoms. The molecule has 1 aliphatic heterocycles. The summed E-state index contributed by atoms with van der Waals surface area (Å²) in [5, 5.41) is 9.55. The maximum absolute atomic E-state index is 14.7. The van der Waals surface area contributed by atoms with E-state index in [-0.39, 0.29) is 36.0 Å². The molecule has 2 aromatic heterocycles. The first-order chi connectivity index (χ1) is 17.4. The van der Waals surface area contributed by atoms with Crippen molar-refractivity contribution < 1.29 is 18.4 Å². The van der Waals surface area contributed by atoms with Crippen molar-refractivity contribution in [2.75, 3.05) is 26.8 Å². The fourth-order valence-electron chi connectivity index (χ4n) is 5.97. The molecule has 5 rings (SSSR count). The summed E-state index contributed by atoms with van der Waals surface area (Å²) in [6, 6.07) is 5.55. The van der Waals surface area contributed by atoms with Crippen molar-refractivity contribution >= 4 is 16.7 Å².